The zero-order valence-corrected chi connectivity index (χ0v) is 36.1. The van der Waals surface area contributed by atoms with Crippen LogP contribution in [0.3, 0.4) is 0 Å². The lowest BCUT2D eigenvalue weighted by Crippen LogP contribution is -2.67. The van der Waals surface area contributed by atoms with E-state index in [-0.39, 0.29) is 70.1 Å². The van der Waals surface area contributed by atoms with Gasteiger partial charge in [-0.2, -0.15) is 0 Å². The molecule has 0 aromatic heterocycles. The fourth-order valence-electron chi connectivity index (χ4n) is 12.8. The maximum atomic E-state index is 14.0. The molecule has 1 heterocycles. The summed E-state index contributed by atoms with van der Waals surface area (Å²) in [6, 6.07) is -1.07. The summed E-state index contributed by atoms with van der Waals surface area (Å²) in [5, 5.41) is 25.8. The third-order valence-corrected chi connectivity index (χ3v) is 15.5. The second kappa shape index (κ2) is 14.2. The highest BCUT2D eigenvalue weighted by Gasteiger charge is 2.72. The van der Waals surface area contributed by atoms with Crippen molar-refractivity contribution in [3.05, 3.63) is 0 Å². The molecule has 1 saturated heterocycles. The minimum Gasteiger partial charge on any atom is -0.460 e. The number of hydrogen-bond donors (Lipinski definition) is 3. The number of carbonyl (C=O) groups is 3. The van der Waals surface area contributed by atoms with Gasteiger partial charge in [-0.25, -0.2) is 9.59 Å². The summed E-state index contributed by atoms with van der Waals surface area (Å²) >= 11 is 0. The third-order valence-electron chi connectivity index (χ3n) is 15.5. The molecule has 0 unspecified atom stereocenters. The molecule has 0 aromatic carbocycles. The Hall–Kier alpha value is -1.91. The van der Waals surface area contributed by atoms with Crippen molar-refractivity contribution in [1.29, 1.82) is 0 Å². The summed E-state index contributed by atoms with van der Waals surface area (Å²) in [6.07, 6.45) is 6.34. The number of amides is 1. The fourth-order valence-corrected chi connectivity index (χ4v) is 12.8. The van der Waals surface area contributed by atoms with Crippen LogP contribution in [0.1, 0.15) is 168 Å². The van der Waals surface area contributed by atoms with Crippen molar-refractivity contribution in [3.63, 3.8) is 0 Å². The zero-order valence-electron chi connectivity index (χ0n) is 36.1. The maximum absolute atomic E-state index is 14.0. The van der Waals surface area contributed by atoms with E-state index in [9.17, 15) is 24.6 Å². The summed E-state index contributed by atoms with van der Waals surface area (Å²) in [4.78, 5) is 39.5. The number of rotatable bonds is 8. The number of alkyl carbamates (subject to hydrolysis) is 1. The van der Waals surface area contributed by atoms with Crippen LogP contribution in [0.15, 0.2) is 0 Å². The minimum absolute atomic E-state index is 0.0190. The smallest absolute Gasteiger partial charge is 0.408 e. The van der Waals surface area contributed by atoms with Gasteiger partial charge >= 0.3 is 18.0 Å². The number of esters is 2. The van der Waals surface area contributed by atoms with Gasteiger partial charge < -0.3 is 34.5 Å². The summed E-state index contributed by atoms with van der Waals surface area (Å²) < 4.78 is 24.1. The van der Waals surface area contributed by atoms with Gasteiger partial charge in [-0.05, 0) is 166 Å². The van der Waals surface area contributed by atoms with E-state index >= 15 is 0 Å². The number of ether oxygens (including phenoxy) is 4. The van der Waals surface area contributed by atoms with Gasteiger partial charge in [-0.15, -0.1) is 0 Å². The third kappa shape index (κ3) is 7.97. The van der Waals surface area contributed by atoms with E-state index in [0.717, 1.165) is 51.4 Å². The molecule has 5 fully saturated rings. The van der Waals surface area contributed by atoms with E-state index in [1.165, 1.54) is 0 Å². The normalized spacial score (nSPS) is 41.1. The van der Waals surface area contributed by atoms with Crippen LogP contribution in [-0.4, -0.2) is 75.0 Å². The highest BCUT2D eigenvalue weighted by molar-refractivity contribution is 5.82. The van der Waals surface area contributed by atoms with Gasteiger partial charge in [0.2, 0.25) is 0 Å². The summed E-state index contributed by atoms with van der Waals surface area (Å²) in [5.41, 5.74) is -3.19. The maximum Gasteiger partial charge on any atom is 0.408 e. The van der Waals surface area contributed by atoms with Crippen molar-refractivity contribution < 1.29 is 43.5 Å². The molecule has 12 atom stereocenters. The van der Waals surface area contributed by atoms with Crippen molar-refractivity contribution in [3.8, 4) is 0 Å². The van der Waals surface area contributed by atoms with Crippen molar-refractivity contribution in [2.75, 3.05) is 0 Å². The van der Waals surface area contributed by atoms with Gasteiger partial charge in [0.15, 0.2) is 0 Å². The Labute approximate surface area is 325 Å². The standard InChI is InChI=1S/C44H75NO9/c1-37(2,3)53-33(47)16-15-27(45-36(49)54-38(4,5)6)35(48)51-31-19-21-41(11)29(39(31,7)8)18-23-42(12)30(41)25-28(46)34-26(17-22-43(34,42)13)44(14)24-20-32(52-44)40(9,10)50/h26-32,34,46,50H,15-25H2,1-14H3,(H,45,49)/t26-,27-,28+,29-,30+,31-,32+,34-,41-,42+,43+,44-/m0/s1. The molecule has 10 nitrogen and oxygen atoms in total. The monoisotopic (exact) mass is 762 g/mol. The lowest BCUT2D eigenvalue weighted by molar-refractivity contribution is -0.251. The van der Waals surface area contributed by atoms with Crippen LogP contribution in [0.4, 0.5) is 4.79 Å². The molecule has 0 bridgehead atoms. The van der Waals surface area contributed by atoms with Crippen molar-refractivity contribution in [2.45, 2.75) is 214 Å². The lowest BCUT2D eigenvalue weighted by atomic mass is 9.35. The number of fused-ring (bicyclic) bond motifs is 5. The van der Waals surface area contributed by atoms with E-state index in [4.69, 9.17) is 18.9 Å². The number of carbonyl (C=O) groups excluding carboxylic acids is 3. The second-order valence-corrected chi connectivity index (χ2v) is 22.2. The highest BCUT2D eigenvalue weighted by Crippen LogP contribution is 2.76. The molecule has 0 spiro atoms. The van der Waals surface area contributed by atoms with E-state index in [1.807, 2.05) is 13.8 Å². The zero-order chi connectivity index (χ0) is 40.7. The number of hydrogen-bond acceptors (Lipinski definition) is 9. The molecule has 5 rings (SSSR count). The quantitative estimate of drug-likeness (QED) is 0.165. The van der Waals surface area contributed by atoms with Gasteiger partial charge in [-0.1, -0.05) is 34.6 Å². The Morgan fingerprint density at radius 1 is 0.796 bits per heavy atom. The molecule has 10 heteroatoms. The van der Waals surface area contributed by atoms with Gasteiger partial charge in [0, 0.05) is 11.8 Å². The van der Waals surface area contributed by atoms with Crippen molar-refractivity contribution in [1.82, 2.24) is 5.32 Å². The summed E-state index contributed by atoms with van der Waals surface area (Å²) in [6.45, 7) is 28.4. The van der Waals surface area contributed by atoms with E-state index in [2.05, 4.69) is 46.9 Å². The fraction of sp³-hybridized carbons (Fsp3) is 0.932. The van der Waals surface area contributed by atoms with Gasteiger partial charge in [0.1, 0.15) is 23.3 Å². The molecule has 5 aliphatic rings. The van der Waals surface area contributed by atoms with Crippen LogP contribution >= 0.6 is 0 Å². The SMILES string of the molecule is CC(C)(C)OC(=O)CC[C@H](NC(=O)OC(C)(C)C)C(=O)O[C@H]1CC[C@]2(C)[C@H]3C[C@@H](O)[C@@H]4[C@@H]([C@]5(C)CC[C@H](C(C)(C)O)O5)CC[C@@]4(C)[C@]3(C)CC[C@H]2C1(C)C. The Bertz CT molecular complexity index is 1420. The van der Waals surface area contributed by atoms with Crippen LogP contribution in [0.5, 0.6) is 0 Å². The van der Waals surface area contributed by atoms with E-state index < -0.39 is 47.0 Å². The average Bonchev–Trinajstić information content (AvgIpc) is 3.59. The van der Waals surface area contributed by atoms with Crippen LogP contribution in [0, 0.1) is 45.3 Å². The molecule has 310 valence electrons. The van der Waals surface area contributed by atoms with Crippen LogP contribution in [0.25, 0.3) is 0 Å². The summed E-state index contributed by atoms with van der Waals surface area (Å²) in [7, 11) is 0. The Balaban J connectivity index is 1.33. The molecular weight excluding hydrogens is 686 g/mol. The molecule has 1 amide bonds. The predicted octanol–water partition coefficient (Wildman–Crippen LogP) is 8.28. The minimum atomic E-state index is -1.07. The summed E-state index contributed by atoms with van der Waals surface area (Å²) in [5.74, 6) is -0.107. The Morgan fingerprint density at radius 2 is 1.41 bits per heavy atom. The second-order valence-electron chi connectivity index (χ2n) is 22.2. The molecule has 0 radical (unpaired) electrons. The molecule has 0 aromatic rings. The first-order chi connectivity index (χ1) is 24.5. The van der Waals surface area contributed by atoms with E-state index in [1.54, 1.807) is 41.5 Å². The lowest BCUT2D eigenvalue weighted by Gasteiger charge is -2.70. The van der Waals surface area contributed by atoms with Crippen molar-refractivity contribution >= 4 is 18.0 Å². The molecule has 4 aliphatic carbocycles. The number of nitrogens with one attached hydrogen (secondary N) is 1. The van der Waals surface area contributed by atoms with Gasteiger partial charge in [-0.3, -0.25) is 4.79 Å². The molecule has 3 N–H and O–H groups in total. The molecule has 1 aliphatic heterocycles. The first-order valence-electron chi connectivity index (χ1n) is 21.0. The highest BCUT2D eigenvalue weighted by atomic mass is 16.6. The topological polar surface area (TPSA) is 141 Å². The predicted molar refractivity (Wildman–Crippen MR) is 207 cm³/mol. The molecule has 54 heavy (non-hydrogen) atoms. The first-order valence-corrected chi connectivity index (χ1v) is 21.0. The van der Waals surface area contributed by atoms with Gasteiger partial charge in [0.25, 0.3) is 0 Å². The van der Waals surface area contributed by atoms with Crippen LogP contribution < -0.4 is 5.32 Å². The Kier molecular flexibility index (Phi) is 11.3. The van der Waals surface area contributed by atoms with Crippen molar-refractivity contribution in [2.24, 2.45) is 45.3 Å². The largest absolute Gasteiger partial charge is 0.460 e. The van der Waals surface area contributed by atoms with E-state index in [0.29, 0.717) is 12.3 Å². The van der Waals surface area contributed by atoms with Gasteiger partial charge in [0.05, 0.1) is 23.4 Å². The van der Waals surface area contributed by atoms with Crippen LogP contribution in [0.2, 0.25) is 0 Å². The number of aliphatic hydroxyl groups excluding tert-OH is 1. The molecule has 4 saturated carbocycles. The van der Waals surface area contributed by atoms with Crippen LogP contribution in [-0.2, 0) is 28.5 Å². The number of aliphatic hydroxyl groups is 2. The average molecular weight is 762 g/mol. The first kappa shape index (κ1) is 43.2. The Morgan fingerprint density at radius 3 is 1.98 bits per heavy atom. The molecular formula is C44H75NO9.